The first kappa shape index (κ1) is 12.4. The maximum absolute atomic E-state index is 11.8. The Morgan fingerprint density at radius 2 is 2.13 bits per heavy atom. The fourth-order valence-electron chi connectivity index (χ4n) is 1.36. The van der Waals surface area contributed by atoms with Crippen LogP contribution in [0.4, 0.5) is 0 Å². The SMILES string of the molecule is CC(C)CN(C)C(=O)c1cc(Cl)c(Cl)[nH]1. The summed E-state index contributed by atoms with van der Waals surface area (Å²) < 4.78 is 0. The molecule has 0 aliphatic rings. The molecule has 0 atom stereocenters. The average molecular weight is 249 g/mol. The highest BCUT2D eigenvalue weighted by molar-refractivity contribution is 6.41. The lowest BCUT2D eigenvalue weighted by atomic mass is 10.2. The summed E-state index contributed by atoms with van der Waals surface area (Å²) in [4.78, 5) is 16.2. The third-order valence-corrected chi connectivity index (χ3v) is 2.63. The first-order chi connectivity index (χ1) is 6.91. The molecule has 0 unspecified atom stereocenters. The number of hydrogen-bond acceptors (Lipinski definition) is 1. The molecule has 5 heteroatoms. The number of amides is 1. The summed E-state index contributed by atoms with van der Waals surface area (Å²) in [7, 11) is 1.75. The van der Waals surface area contributed by atoms with Gasteiger partial charge in [-0.1, -0.05) is 37.0 Å². The minimum absolute atomic E-state index is 0.0995. The topological polar surface area (TPSA) is 36.1 Å². The van der Waals surface area contributed by atoms with Crippen molar-refractivity contribution in [1.82, 2.24) is 9.88 Å². The van der Waals surface area contributed by atoms with Crippen LogP contribution in [0.15, 0.2) is 6.07 Å². The summed E-state index contributed by atoms with van der Waals surface area (Å²) in [6.45, 7) is 4.81. The fourth-order valence-corrected chi connectivity index (χ4v) is 1.67. The van der Waals surface area contributed by atoms with Crippen molar-refractivity contribution in [3.8, 4) is 0 Å². The molecule has 1 N–H and O–H groups in total. The number of aromatic nitrogens is 1. The van der Waals surface area contributed by atoms with E-state index < -0.39 is 0 Å². The first-order valence-corrected chi connectivity index (χ1v) is 5.47. The molecule has 0 saturated carbocycles. The number of carbonyl (C=O) groups is 1. The predicted octanol–water partition coefficient (Wildman–Crippen LogP) is 3.05. The van der Waals surface area contributed by atoms with Crippen molar-refractivity contribution in [3.63, 3.8) is 0 Å². The third-order valence-electron chi connectivity index (χ3n) is 1.94. The Hall–Kier alpha value is -0.670. The third kappa shape index (κ3) is 3.14. The normalized spacial score (nSPS) is 10.8. The van der Waals surface area contributed by atoms with Crippen LogP contribution in [-0.4, -0.2) is 29.4 Å². The number of aromatic amines is 1. The van der Waals surface area contributed by atoms with Crippen LogP contribution in [0.5, 0.6) is 0 Å². The second kappa shape index (κ2) is 4.90. The molecule has 1 aromatic heterocycles. The van der Waals surface area contributed by atoms with Crippen molar-refractivity contribution in [1.29, 1.82) is 0 Å². The van der Waals surface area contributed by atoms with Crippen LogP contribution in [0, 0.1) is 5.92 Å². The fraction of sp³-hybridized carbons (Fsp3) is 0.500. The van der Waals surface area contributed by atoms with E-state index in [0.29, 0.717) is 28.3 Å². The standard InChI is InChI=1S/C10H14Cl2N2O/c1-6(2)5-14(3)10(15)8-4-7(11)9(12)13-8/h4,6,13H,5H2,1-3H3. The van der Waals surface area contributed by atoms with E-state index in [2.05, 4.69) is 18.8 Å². The molecule has 0 aromatic carbocycles. The van der Waals surface area contributed by atoms with Gasteiger partial charge in [-0.05, 0) is 12.0 Å². The highest BCUT2D eigenvalue weighted by Crippen LogP contribution is 2.22. The molecule has 0 spiro atoms. The highest BCUT2D eigenvalue weighted by atomic mass is 35.5. The Labute approximate surface area is 99.4 Å². The van der Waals surface area contributed by atoms with Crippen LogP contribution in [0.1, 0.15) is 24.3 Å². The number of H-pyrrole nitrogens is 1. The van der Waals surface area contributed by atoms with Crippen molar-refractivity contribution < 1.29 is 4.79 Å². The van der Waals surface area contributed by atoms with Crippen LogP contribution in [-0.2, 0) is 0 Å². The Bertz CT molecular complexity index is 341. The minimum Gasteiger partial charge on any atom is -0.340 e. The van der Waals surface area contributed by atoms with Crippen molar-refractivity contribution >= 4 is 29.1 Å². The van der Waals surface area contributed by atoms with Gasteiger partial charge in [-0.2, -0.15) is 0 Å². The molecule has 1 rings (SSSR count). The van der Waals surface area contributed by atoms with E-state index in [4.69, 9.17) is 23.2 Å². The summed E-state index contributed by atoms with van der Waals surface area (Å²) in [5, 5.41) is 0.677. The molecule has 84 valence electrons. The van der Waals surface area contributed by atoms with E-state index in [9.17, 15) is 4.79 Å². The Morgan fingerprint density at radius 1 is 1.53 bits per heavy atom. The van der Waals surface area contributed by atoms with Crippen molar-refractivity contribution in [2.45, 2.75) is 13.8 Å². The van der Waals surface area contributed by atoms with Gasteiger partial charge >= 0.3 is 0 Å². The maximum atomic E-state index is 11.8. The lowest BCUT2D eigenvalue weighted by Gasteiger charge is -2.18. The summed E-state index contributed by atoms with van der Waals surface area (Å²) in [6.07, 6.45) is 0. The number of rotatable bonds is 3. The van der Waals surface area contributed by atoms with Crippen molar-refractivity contribution in [2.75, 3.05) is 13.6 Å². The molecule has 0 aliphatic carbocycles. The zero-order chi connectivity index (χ0) is 11.6. The smallest absolute Gasteiger partial charge is 0.270 e. The molecule has 0 bridgehead atoms. The van der Waals surface area contributed by atoms with Crippen molar-refractivity contribution in [2.24, 2.45) is 5.92 Å². The molecule has 3 nitrogen and oxygen atoms in total. The van der Waals surface area contributed by atoms with Gasteiger partial charge in [0.2, 0.25) is 0 Å². The summed E-state index contributed by atoms with van der Waals surface area (Å²) >= 11 is 11.5. The van der Waals surface area contributed by atoms with Gasteiger partial charge < -0.3 is 9.88 Å². The zero-order valence-corrected chi connectivity index (χ0v) is 10.5. The summed E-state index contributed by atoms with van der Waals surface area (Å²) in [5.41, 5.74) is 0.424. The second-order valence-corrected chi connectivity index (χ2v) is 4.71. The van der Waals surface area contributed by atoms with Gasteiger partial charge in [-0.15, -0.1) is 0 Å². The van der Waals surface area contributed by atoms with E-state index in [0.717, 1.165) is 0 Å². The number of nitrogens with zero attached hydrogens (tertiary/aromatic N) is 1. The molecular weight excluding hydrogens is 235 g/mol. The summed E-state index contributed by atoms with van der Waals surface area (Å²) in [5.74, 6) is 0.331. The summed E-state index contributed by atoms with van der Waals surface area (Å²) in [6, 6.07) is 1.54. The Balaban J connectivity index is 2.76. The molecule has 0 radical (unpaired) electrons. The Morgan fingerprint density at radius 3 is 2.53 bits per heavy atom. The van der Waals surface area contributed by atoms with Crippen molar-refractivity contribution in [3.05, 3.63) is 21.9 Å². The molecule has 1 heterocycles. The molecular formula is C10H14Cl2N2O. The number of carbonyl (C=O) groups excluding carboxylic acids is 1. The van der Waals surface area contributed by atoms with Gasteiger partial charge in [0, 0.05) is 13.6 Å². The van der Waals surface area contributed by atoms with Gasteiger partial charge in [-0.25, -0.2) is 0 Å². The van der Waals surface area contributed by atoms with Gasteiger partial charge in [-0.3, -0.25) is 4.79 Å². The van der Waals surface area contributed by atoms with Crippen LogP contribution in [0.2, 0.25) is 10.2 Å². The van der Waals surface area contributed by atoms with E-state index >= 15 is 0 Å². The van der Waals surface area contributed by atoms with Gasteiger partial charge in [0.05, 0.1) is 5.02 Å². The van der Waals surface area contributed by atoms with Crippen LogP contribution in [0.3, 0.4) is 0 Å². The Kier molecular flexibility index (Phi) is 4.05. The van der Waals surface area contributed by atoms with E-state index in [1.807, 2.05) is 0 Å². The second-order valence-electron chi connectivity index (χ2n) is 3.92. The first-order valence-electron chi connectivity index (χ1n) is 4.71. The van der Waals surface area contributed by atoms with Gasteiger partial charge in [0.1, 0.15) is 10.8 Å². The highest BCUT2D eigenvalue weighted by Gasteiger charge is 2.16. The lowest BCUT2D eigenvalue weighted by molar-refractivity contribution is 0.0774. The predicted molar refractivity (Wildman–Crippen MR) is 62.6 cm³/mol. The minimum atomic E-state index is -0.0995. The van der Waals surface area contributed by atoms with Crippen LogP contribution < -0.4 is 0 Å². The molecule has 15 heavy (non-hydrogen) atoms. The van der Waals surface area contributed by atoms with E-state index in [1.165, 1.54) is 0 Å². The van der Waals surface area contributed by atoms with E-state index in [-0.39, 0.29) is 5.91 Å². The van der Waals surface area contributed by atoms with Gasteiger partial charge in [0.15, 0.2) is 0 Å². The molecule has 0 saturated heterocycles. The quantitative estimate of drug-likeness (QED) is 0.878. The number of hydrogen-bond donors (Lipinski definition) is 1. The van der Waals surface area contributed by atoms with Crippen LogP contribution >= 0.6 is 23.2 Å². The number of nitrogens with one attached hydrogen (secondary N) is 1. The van der Waals surface area contributed by atoms with Gasteiger partial charge in [0.25, 0.3) is 5.91 Å². The maximum Gasteiger partial charge on any atom is 0.270 e. The number of halogens is 2. The largest absolute Gasteiger partial charge is 0.340 e. The van der Waals surface area contributed by atoms with E-state index in [1.54, 1.807) is 18.0 Å². The average Bonchev–Trinajstić information content (AvgIpc) is 2.44. The van der Waals surface area contributed by atoms with Crippen LogP contribution in [0.25, 0.3) is 0 Å². The monoisotopic (exact) mass is 248 g/mol. The molecule has 0 fully saturated rings. The molecule has 0 aliphatic heterocycles. The zero-order valence-electron chi connectivity index (χ0n) is 8.97. The molecule has 1 amide bonds. The lowest BCUT2D eigenvalue weighted by Crippen LogP contribution is -2.30. The molecule has 1 aromatic rings.